The minimum atomic E-state index is -1.32. The number of Topliss-reactive ketones (excluding diaryl/α,β-unsaturated/α-hetero) is 1. The van der Waals surface area contributed by atoms with Crippen LogP contribution in [-0.2, 0) is 20.7 Å². The molecule has 1 aromatic rings. The number of aliphatic hydroxyl groups excluding tert-OH is 1. The van der Waals surface area contributed by atoms with Crippen LogP contribution in [0, 0.1) is 11.8 Å². The van der Waals surface area contributed by atoms with Gasteiger partial charge in [-0.15, -0.1) is 0 Å². The predicted molar refractivity (Wildman–Crippen MR) is 86.6 cm³/mol. The van der Waals surface area contributed by atoms with Gasteiger partial charge in [0.2, 0.25) is 0 Å². The van der Waals surface area contributed by atoms with Crippen LogP contribution in [0.15, 0.2) is 30.3 Å². The molecule has 0 aromatic heterocycles. The SMILES string of the molecule is COC(=O)C(O)C(CC(=O)[C@@H](N)CC1CC1)Cc1ccccc1. The number of esters is 1. The molecule has 2 unspecified atom stereocenters. The fourth-order valence-electron chi connectivity index (χ4n) is 2.78. The monoisotopic (exact) mass is 319 g/mol. The van der Waals surface area contributed by atoms with Crippen molar-refractivity contribution in [1.82, 2.24) is 0 Å². The summed E-state index contributed by atoms with van der Waals surface area (Å²) in [4.78, 5) is 24.0. The van der Waals surface area contributed by atoms with Crippen molar-refractivity contribution in [3.8, 4) is 0 Å². The zero-order chi connectivity index (χ0) is 16.8. The number of nitrogens with two attached hydrogens (primary N) is 1. The number of methoxy groups -OCH3 is 1. The number of aliphatic hydroxyl groups is 1. The molecular formula is C18H25NO4. The summed E-state index contributed by atoms with van der Waals surface area (Å²) in [6.45, 7) is 0. The van der Waals surface area contributed by atoms with Gasteiger partial charge in [-0.1, -0.05) is 43.2 Å². The first-order valence-corrected chi connectivity index (χ1v) is 8.09. The minimum Gasteiger partial charge on any atom is -0.467 e. The average Bonchev–Trinajstić information content (AvgIpc) is 3.37. The van der Waals surface area contributed by atoms with Crippen molar-refractivity contribution in [2.75, 3.05) is 7.11 Å². The fraction of sp³-hybridized carbons (Fsp3) is 0.556. The molecule has 0 heterocycles. The highest BCUT2D eigenvalue weighted by Crippen LogP contribution is 2.33. The molecule has 126 valence electrons. The summed E-state index contributed by atoms with van der Waals surface area (Å²) < 4.78 is 4.62. The van der Waals surface area contributed by atoms with E-state index < -0.39 is 24.0 Å². The molecule has 3 N–H and O–H groups in total. The molecule has 1 fully saturated rings. The van der Waals surface area contributed by atoms with Crippen LogP contribution < -0.4 is 5.73 Å². The van der Waals surface area contributed by atoms with Gasteiger partial charge >= 0.3 is 5.97 Å². The van der Waals surface area contributed by atoms with E-state index in [-0.39, 0.29) is 12.2 Å². The smallest absolute Gasteiger partial charge is 0.334 e. The van der Waals surface area contributed by atoms with Gasteiger partial charge in [-0.25, -0.2) is 4.79 Å². The van der Waals surface area contributed by atoms with Gasteiger partial charge in [0.25, 0.3) is 0 Å². The lowest BCUT2D eigenvalue weighted by atomic mass is 9.87. The molecule has 0 amide bonds. The third-order valence-electron chi connectivity index (χ3n) is 4.39. The average molecular weight is 319 g/mol. The summed E-state index contributed by atoms with van der Waals surface area (Å²) in [7, 11) is 1.23. The van der Waals surface area contributed by atoms with Gasteiger partial charge in [0.05, 0.1) is 13.2 Å². The maximum Gasteiger partial charge on any atom is 0.334 e. The first kappa shape index (κ1) is 17.6. The number of hydrogen-bond acceptors (Lipinski definition) is 5. The van der Waals surface area contributed by atoms with Crippen LogP contribution in [0.1, 0.15) is 31.2 Å². The quantitative estimate of drug-likeness (QED) is 0.673. The number of ether oxygens (including phenoxy) is 1. The highest BCUT2D eigenvalue weighted by molar-refractivity contribution is 5.85. The lowest BCUT2D eigenvalue weighted by Crippen LogP contribution is -2.38. The largest absolute Gasteiger partial charge is 0.467 e. The van der Waals surface area contributed by atoms with E-state index in [1.165, 1.54) is 7.11 Å². The number of carbonyl (C=O) groups excluding carboxylic acids is 2. The second-order valence-electron chi connectivity index (χ2n) is 6.37. The maximum absolute atomic E-state index is 12.3. The first-order chi connectivity index (χ1) is 11.0. The first-order valence-electron chi connectivity index (χ1n) is 8.09. The van der Waals surface area contributed by atoms with Crippen LogP contribution in [0.25, 0.3) is 0 Å². The Balaban J connectivity index is 2.02. The zero-order valence-corrected chi connectivity index (χ0v) is 13.5. The van der Waals surface area contributed by atoms with E-state index in [9.17, 15) is 14.7 Å². The minimum absolute atomic E-state index is 0.0824. The molecule has 5 heteroatoms. The molecule has 3 atom stereocenters. The molecule has 2 rings (SSSR count). The Hall–Kier alpha value is -1.72. The highest BCUT2D eigenvalue weighted by Gasteiger charge is 2.32. The third-order valence-corrected chi connectivity index (χ3v) is 4.39. The standard InChI is InChI=1S/C18H25NO4/c1-23-18(22)17(21)14(9-12-5-3-2-4-6-12)11-16(20)15(19)10-13-7-8-13/h2-6,13-15,17,21H,7-11,19H2,1H3/t14?,15-,17?/m0/s1. The molecule has 1 aliphatic carbocycles. The Morgan fingerprint density at radius 1 is 1.30 bits per heavy atom. The van der Waals surface area contributed by atoms with Gasteiger partial charge in [0.15, 0.2) is 6.10 Å². The van der Waals surface area contributed by atoms with Crippen molar-refractivity contribution in [2.24, 2.45) is 17.6 Å². The number of benzene rings is 1. The Labute approximate surface area is 136 Å². The zero-order valence-electron chi connectivity index (χ0n) is 13.5. The van der Waals surface area contributed by atoms with E-state index in [1.54, 1.807) is 0 Å². The molecular weight excluding hydrogens is 294 g/mol. The molecule has 0 radical (unpaired) electrons. The summed E-state index contributed by atoms with van der Waals surface area (Å²) >= 11 is 0. The van der Waals surface area contributed by atoms with Gasteiger partial charge in [-0.05, 0) is 24.3 Å². The van der Waals surface area contributed by atoms with E-state index in [1.807, 2.05) is 30.3 Å². The van der Waals surface area contributed by atoms with Crippen molar-refractivity contribution < 1.29 is 19.4 Å². The van der Waals surface area contributed by atoms with Gasteiger partial charge in [-0.2, -0.15) is 0 Å². The van der Waals surface area contributed by atoms with Crippen molar-refractivity contribution in [2.45, 2.75) is 44.2 Å². The summed E-state index contributed by atoms with van der Waals surface area (Å²) in [6, 6.07) is 8.98. The van der Waals surface area contributed by atoms with Gasteiger partial charge in [0, 0.05) is 12.3 Å². The molecule has 1 aromatic carbocycles. The summed E-state index contributed by atoms with van der Waals surface area (Å²) in [5, 5.41) is 10.2. The predicted octanol–water partition coefficient (Wildman–Crippen LogP) is 1.47. The second-order valence-corrected chi connectivity index (χ2v) is 6.37. The van der Waals surface area contributed by atoms with Crippen LogP contribution in [0.2, 0.25) is 0 Å². The number of hydrogen-bond donors (Lipinski definition) is 2. The van der Waals surface area contributed by atoms with Crippen LogP contribution in [-0.4, -0.2) is 36.1 Å². The van der Waals surface area contributed by atoms with E-state index in [4.69, 9.17) is 5.73 Å². The lowest BCUT2D eigenvalue weighted by Gasteiger charge is -2.22. The molecule has 0 spiro atoms. The molecule has 0 saturated heterocycles. The third kappa shape index (κ3) is 5.44. The van der Waals surface area contributed by atoms with Crippen molar-refractivity contribution in [3.05, 3.63) is 35.9 Å². The number of ketones is 1. The molecule has 23 heavy (non-hydrogen) atoms. The molecule has 5 nitrogen and oxygen atoms in total. The van der Waals surface area contributed by atoms with E-state index >= 15 is 0 Å². The molecule has 1 saturated carbocycles. The number of rotatable bonds is 9. The highest BCUT2D eigenvalue weighted by atomic mass is 16.5. The van der Waals surface area contributed by atoms with E-state index in [0.717, 1.165) is 18.4 Å². The summed E-state index contributed by atoms with van der Waals surface area (Å²) in [6.07, 6.45) is 2.17. The van der Waals surface area contributed by atoms with Crippen LogP contribution in [0.3, 0.4) is 0 Å². The van der Waals surface area contributed by atoms with Crippen LogP contribution in [0.5, 0.6) is 0 Å². The van der Waals surface area contributed by atoms with Crippen molar-refractivity contribution in [1.29, 1.82) is 0 Å². The van der Waals surface area contributed by atoms with E-state index in [2.05, 4.69) is 4.74 Å². The molecule has 0 bridgehead atoms. The normalized spacial score (nSPS) is 18.0. The number of carbonyl (C=O) groups is 2. The van der Waals surface area contributed by atoms with Crippen LogP contribution in [0.4, 0.5) is 0 Å². The summed E-state index contributed by atoms with van der Waals surface area (Å²) in [5.41, 5.74) is 6.92. The summed E-state index contributed by atoms with van der Waals surface area (Å²) in [5.74, 6) is -0.773. The Morgan fingerprint density at radius 2 is 1.96 bits per heavy atom. The van der Waals surface area contributed by atoms with E-state index in [0.29, 0.717) is 18.8 Å². The Kier molecular flexibility index (Phi) is 6.30. The van der Waals surface area contributed by atoms with Crippen molar-refractivity contribution >= 4 is 11.8 Å². The topological polar surface area (TPSA) is 89.6 Å². The van der Waals surface area contributed by atoms with Crippen molar-refractivity contribution in [3.63, 3.8) is 0 Å². The Morgan fingerprint density at radius 3 is 2.52 bits per heavy atom. The maximum atomic E-state index is 12.3. The molecule has 1 aliphatic rings. The Bertz CT molecular complexity index is 527. The van der Waals surface area contributed by atoms with Crippen LogP contribution >= 0.6 is 0 Å². The lowest BCUT2D eigenvalue weighted by molar-refractivity contribution is -0.153. The van der Waals surface area contributed by atoms with Gasteiger partial charge in [-0.3, -0.25) is 4.79 Å². The van der Waals surface area contributed by atoms with Gasteiger partial charge < -0.3 is 15.6 Å². The fourth-order valence-corrected chi connectivity index (χ4v) is 2.78. The molecule has 0 aliphatic heterocycles. The second kappa shape index (κ2) is 8.22. The van der Waals surface area contributed by atoms with Gasteiger partial charge in [0.1, 0.15) is 5.78 Å².